The van der Waals surface area contributed by atoms with Gasteiger partial charge in [0.25, 0.3) is 0 Å². The average Bonchev–Trinajstić information content (AvgIpc) is 2.77. The Kier molecular flexibility index (Phi) is 3.19. The number of hydrogen-bond acceptors (Lipinski definition) is 5. The average molecular weight is 222 g/mol. The van der Waals surface area contributed by atoms with Gasteiger partial charge in [0.1, 0.15) is 6.10 Å². The van der Waals surface area contributed by atoms with Crippen molar-refractivity contribution in [3.63, 3.8) is 0 Å². The summed E-state index contributed by atoms with van der Waals surface area (Å²) in [4.78, 5) is 20.4. The van der Waals surface area contributed by atoms with Crippen LogP contribution in [0.15, 0.2) is 12.3 Å². The molecule has 16 heavy (non-hydrogen) atoms. The topological polar surface area (TPSA) is 67.4 Å². The van der Waals surface area contributed by atoms with Crippen molar-refractivity contribution in [3.05, 3.63) is 12.3 Å². The standard InChI is InChI=1S/C10H14N4O2/c1-11-10-12-4-2-9(13-10)16-8-3-5-14(6-8)7-15/h2,4,7-8H,3,5-6H2,1H3,(H,11,12,13)/t8-/m1/s1. The first-order valence-electron chi connectivity index (χ1n) is 5.18. The van der Waals surface area contributed by atoms with Gasteiger partial charge in [-0.05, 0) is 0 Å². The van der Waals surface area contributed by atoms with Crippen LogP contribution in [-0.2, 0) is 4.79 Å². The molecule has 1 aromatic rings. The van der Waals surface area contributed by atoms with Crippen LogP contribution in [0.25, 0.3) is 0 Å². The summed E-state index contributed by atoms with van der Waals surface area (Å²) in [5, 5.41) is 2.84. The molecule has 1 aliphatic heterocycles. The number of carbonyl (C=O) groups excluding carboxylic acids is 1. The summed E-state index contributed by atoms with van der Waals surface area (Å²) in [6.45, 7) is 1.38. The Morgan fingerprint density at radius 3 is 3.25 bits per heavy atom. The molecule has 86 valence electrons. The van der Waals surface area contributed by atoms with Crippen molar-refractivity contribution in [2.24, 2.45) is 0 Å². The number of hydrogen-bond donors (Lipinski definition) is 1. The van der Waals surface area contributed by atoms with Crippen LogP contribution in [0.5, 0.6) is 5.88 Å². The molecule has 0 aromatic carbocycles. The molecule has 1 atom stereocenters. The molecular weight excluding hydrogens is 208 g/mol. The molecule has 1 aromatic heterocycles. The van der Waals surface area contributed by atoms with Crippen molar-refractivity contribution in [1.29, 1.82) is 0 Å². The molecule has 0 radical (unpaired) electrons. The highest BCUT2D eigenvalue weighted by Gasteiger charge is 2.23. The number of ether oxygens (including phenoxy) is 1. The minimum absolute atomic E-state index is 0.0322. The molecule has 0 saturated carbocycles. The lowest BCUT2D eigenvalue weighted by atomic mass is 10.3. The lowest BCUT2D eigenvalue weighted by molar-refractivity contribution is -0.117. The van der Waals surface area contributed by atoms with Crippen LogP contribution in [0.2, 0.25) is 0 Å². The van der Waals surface area contributed by atoms with Gasteiger partial charge in [0.2, 0.25) is 18.2 Å². The van der Waals surface area contributed by atoms with Gasteiger partial charge in [-0.25, -0.2) is 4.98 Å². The number of carbonyl (C=O) groups is 1. The lowest BCUT2D eigenvalue weighted by Gasteiger charge is -2.12. The number of amides is 1. The van der Waals surface area contributed by atoms with Gasteiger partial charge < -0.3 is 15.0 Å². The third kappa shape index (κ3) is 2.39. The second kappa shape index (κ2) is 4.78. The van der Waals surface area contributed by atoms with Crippen LogP contribution in [0.4, 0.5) is 5.95 Å². The van der Waals surface area contributed by atoms with E-state index < -0.39 is 0 Å². The van der Waals surface area contributed by atoms with Gasteiger partial charge in [-0.2, -0.15) is 4.98 Å². The van der Waals surface area contributed by atoms with Crippen LogP contribution >= 0.6 is 0 Å². The summed E-state index contributed by atoms with van der Waals surface area (Å²) in [6.07, 6.45) is 3.37. The van der Waals surface area contributed by atoms with Gasteiger partial charge >= 0.3 is 0 Å². The van der Waals surface area contributed by atoms with Crippen molar-refractivity contribution < 1.29 is 9.53 Å². The van der Waals surface area contributed by atoms with Gasteiger partial charge in [-0.15, -0.1) is 0 Å². The fourth-order valence-electron chi connectivity index (χ4n) is 1.64. The lowest BCUT2D eigenvalue weighted by Crippen LogP contribution is -2.23. The van der Waals surface area contributed by atoms with Gasteiger partial charge in [-0.3, -0.25) is 4.79 Å². The summed E-state index contributed by atoms with van der Waals surface area (Å²) >= 11 is 0. The third-order valence-corrected chi connectivity index (χ3v) is 2.47. The highest BCUT2D eigenvalue weighted by Crippen LogP contribution is 2.15. The maximum Gasteiger partial charge on any atom is 0.225 e. The minimum atomic E-state index is 0.0322. The number of nitrogens with zero attached hydrogens (tertiary/aromatic N) is 3. The van der Waals surface area contributed by atoms with Crippen LogP contribution in [-0.4, -0.2) is 47.5 Å². The Hall–Kier alpha value is -1.85. The molecule has 1 fully saturated rings. The van der Waals surface area contributed by atoms with E-state index in [1.165, 1.54) is 0 Å². The van der Waals surface area contributed by atoms with Crippen LogP contribution in [0.1, 0.15) is 6.42 Å². The molecule has 0 unspecified atom stereocenters. The molecule has 2 rings (SSSR count). The molecule has 6 nitrogen and oxygen atoms in total. The predicted molar refractivity (Wildman–Crippen MR) is 58.2 cm³/mol. The van der Waals surface area contributed by atoms with Crippen LogP contribution < -0.4 is 10.1 Å². The fraction of sp³-hybridized carbons (Fsp3) is 0.500. The molecular formula is C10H14N4O2. The van der Waals surface area contributed by atoms with Crippen molar-refractivity contribution in [2.45, 2.75) is 12.5 Å². The second-order valence-corrected chi connectivity index (χ2v) is 3.60. The van der Waals surface area contributed by atoms with Crippen LogP contribution in [0, 0.1) is 0 Å². The molecule has 1 saturated heterocycles. The summed E-state index contributed by atoms with van der Waals surface area (Å²) in [5.41, 5.74) is 0. The SMILES string of the molecule is CNc1nccc(O[C@@H]2CCN(C=O)C2)n1. The number of anilines is 1. The maximum absolute atomic E-state index is 10.5. The summed E-state index contributed by atoms with van der Waals surface area (Å²) in [5.74, 6) is 1.07. The van der Waals surface area contributed by atoms with Crippen LogP contribution in [0.3, 0.4) is 0 Å². The number of likely N-dealkylation sites (tertiary alicyclic amines) is 1. The maximum atomic E-state index is 10.5. The molecule has 1 aliphatic rings. The van der Waals surface area contributed by atoms with Gasteiger partial charge in [0.15, 0.2) is 0 Å². The molecule has 0 bridgehead atoms. The zero-order valence-corrected chi connectivity index (χ0v) is 9.09. The minimum Gasteiger partial charge on any atom is -0.472 e. The van der Waals surface area contributed by atoms with E-state index in [0.29, 0.717) is 18.4 Å². The molecule has 1 amide bonds. The summed E-state index contributed by atoms with van der Waals surface area (Å²) < 4.78 is 5.66. The van der Waals surface area contributed by atoms with E-state index in [9.17, 15) is 4.79 Å². The molecule has 0 aliphatic carbocycles. The van der Waals surface area contributed by atoms with E-state index in [4.69, 9.17) is 4.74 Å². The Balaban J connectivity index is 1.96. The summed E-state index contributed by atoms with van der Waals surface area (Å²) in [6, 6.07) is 1.71. The fourth-order valence-corrected chi connectivity index (χ4v) is 1.64. The first kappa shape index (κ1) is 10.7. The van der Waals surface area contributed by atoms with E-state index in [-0.39, 0.29) is 6.10 Å². The van der Waals surface area contributed by atoms with Crippen molar-refractivity contribution in [2.75, 3.05) is 25.5 Å². The zero-order chi connectivity index (χ0) is 11.4. The van der Waals surface area contributed by atoms with E-state index in [2.05, 4.69) is 15.3 Å². The number of aromatic nitrogens is 2. The first-order valence-corrected chi connectivity index (χ1v) is 5.18. The normalized spacial score (nSPS) is 19.6. The Bertz CT molecular complexity index is 372. The molecule has 6 heteroatoms. The van der Waals surface area contributed by atoms with Gasteiger partial charge in [0.05, 0.1) is 6.54 Å². The highest BCUT2D eigenvalue weighted by atomic mass is 16.5. The van der Waals surface area contributed by atoms with E-state index >= 15 is 0 Å². The van der Waals surface area contributed by atoms with Crippen molar-refractivity contribution in [1.82, 2.24) is 14.9 Å². The Labute approximate surface area is 93.6 Å². The van der Waals surface area contributed by atoms with Crippen molar-refractivity contribution >= 4 is 12.4 Å². The van der Waals surface area contributed by atoms with E-state index in [1.807, 2.05) is 0 Å². The van der Waals surface area contributed by atoms with E-state index in [1.54, 1.807) is 24.2 Å². The Morgan fingerprint density at radius 1 is 1.69 bits per heavy atom. The predicted octanol–water partition coefficient (Wildman–Crippen LogP) is 0.128. The number of rotatable bonds is 4. The zero-order valence-electron chi connectivity index (χ0n) is 9.09. The molecule has 1 N–H and O–H groups in total. The molecule has 2 heterocycles. The first-order chi connectivity index (χ1) is 7.81. The van der Waals surface area contributed by atoms with E-state index in [0.717, 1.165) is 19.4 Å². The third-order valence-electron chi connectivity index (χ3n) is 2.47. The quantitative estimate of drug-likeness (QED) is 0.733. The second-order valence-electron chi connectivity index (χ2n) is 3.60. The van der Waals surface area contributed by atoms with Gasteiger partial charge in [-0.1, -0.05) is 0 Å². The molecule has 0 spiro atoms. The monoisotopic (exact) mass is 222 g/mol. The van der Waals surface area contributed by atoms with Crippen molar-refractivity contribution in [3.8, 4) is 5.88 Å². The summed E-state index contributed by atoms with van der Waals surface area (Å²) in [7, 11) is 1.75. The largest absolute Gasteiger partial charge is 0.472 e. The smallest absolute Gasteiger partial charge is 0.225 e. The highest BCUT2D eigenvalue weighted by molar-refractivity contribution is 5.47. The Morgan fingerprint density at radius 2 is 2.56 bits per heavy atom. The number of nitrogens with one attached hydrogen (secondary N) is 1. The van der Waals surface area contributed by atoms with Gasteiger partial charge in [0, 0.05) is 32.3 Å².